The minimum atomic E-state index is -4.70. The summed E-state index contributed by atoms with van der Waals surface area (Å²) >= 11 is 0. The molecule has 0 amide bonds. The normalized spacial score (nSPS) is 11.8. The van der Waals surface area contributed by atoms with Crippen LogP contribution in [-0.4, -0.2) is 95.0 Å². The molecule has 0 saturated carbocycles. The molecule has 9 nitrogen and oxygen atoms in total. The SMILES string of the molecule is O=S(=O)(O)c1ccc2c(c1)cc(S(=O)(=O)O)c1oc(-c3ccccn3)nc12.[NaH].[NaH]. The second-order valence-electron chi connectivity index (χ2n) is 5.62. The Balaban J connectivity index is 0.00000150. The first-order valence-corrected chi connectivity index (χ1v) is 10.3. The van der Waals surface area contributed by atoms with Crippen LogP contribution in [0.5, 0.6) is 0 Å². The summed E-state index contributed by atoms with van der Waals surface area (Å²) in [4.78, 5) is 7.34. The number of hydrogen-bond acceptors (Lipinski definition) is 7. The second-order valence-corrected chi connectivity index (χ2v) is 8.43. The van der Waals surface area contributed by atoms with Crippen LogP contribution in [0.3, 0.4) is 0 Å². The molecule has 0 radical (unpaired) electrons. The quantitative estimate of drug-likeness (QED) is 0.344. The fourth-order valence-corrected chi connectivity index (χ4v) is 3.87. The van der Waals surface area contributed by atoms with Crippen molar-refractivity contribution >= 4 is 101 Å². The van der Waals surface area contributed by atoms with Gasteiger partial charge in [0.2, 0.25) is 5.89 Å². The molecule has 0 aliphatic carbocycles. The van der Waals surface area contributed by atoms with E-state index in [0.717, 1.165) is 18.2 Å². The summed E-state index contributed by atoms with van der Waals surface area (Å²) in [7, 11) is -9.20. The Morgan fingerprint density at radius 3 is 2.21 bits per heavy atom. The summed E-state index contributed by atoms with van der Waals surface area (Å²) in [5.41, 5.74) is 0.255. The molecule has 0 spiro atoms. The van der Waals surface area contributed by atoms with Crippen molar-refractivity contribution in [1.29, 1.82) is 0 Å². The molecule has 0 saturated heterocycles. The predicted molar refractivity (Wildman–Crippen MR) is 109 cm³/mol. The summed E-state index contributed by atoms with van der Waals surface area (Å²) in [5.74, 6) is 0.0295. The van der Waals surface area contributed by atoms with Crippen molar-refractivity contribution in [3.63, 3.8) is 0 Å². The fourth-order valence-electron chi connectivity index (χ4n) is 2.70. The van der Waals surface area contributed by atoms with Crippen LogP contribution in [0.4, 0.5) is 0 Å². The molecule has 29 heavy (non-hydrogen) atoms. The zero-order chi connectivity index (χ0) is 19.4. The van der Waals surface area contributed by atoms with Crippen LogP contribution in [0, 0.1) is 0 Å². The van der Waals surface area contributed by atoms with E-state index in [9.17, 15) is 25.9 Å². The standard InChI is InChI=1S/C16H10N2O7S2.2Na.2H/c19-26(20,21)10-4-5-11-9(7-10)8-13(27(22,23)24)15-14(11)18-16(25-15)12-3-1-2-6-17-12;;;;/h1-8H,(H,19,20,21)(H,22,23,24);;;;. The van der Waals surface area contributed by atoms with Crippen molar-refractivity contribution in [1.82, 2.24) is 9.97 Å². The molecule has 2 aromatic heterocycles. The number of aromatic nitrogens is 2. The average Bonchev–Trinajstić information content (AvgIpc) is 3.05. The van der Waals surface area contributed by atoms with E-state index in [1.807, 2.05) is 0 Å². The minimum absolute atomic E-state index is 0. The van der Waals surface area contributed by atoms with Crippen molar-refractivity contribution in [2.45, 2.75) is 9.79 Å². The van der Waals surface area contributed by atoms with Crippen LogP contribution in [0.2, 0.25) is 0 Å². The van der Waals surface area contributed by atoms with Crippen LogP contribution in [-0.2, 0) is 20.2 Å². The molecule has 2 N–H and O–H groups in total. The van der Waals surface area contributed by atoms with Crippen molar-refractivity contribution in [3.8, 4) is 11.6 Å². The van der Waals surface area contributed by atoms with Crippen molar-refractivity contribution in [2.75, 3.05) is 0 Å². The van der Waals surface area contributed by atoms with E-state index in [0.29, 0.717) is 11.1 Å². The van der Waals surface area contributed by atoms with Crippen LogP contribution >= 0.6 is 0 Å². The third-order valence-corrected chi connectivity index (χ3v) is 5.58. The molecular formula is C16H12N2Na2O7S2. The van der Waals surface area contributed by atoms with Crippen molar-refractivity contribution < 1.29 is 30.4 Å². The van der Waals surface area contributed by atoms with Gasteiger partial charge in [-0.1, -0.05) is 12.1 Å². The Hall–Kier alpha value is -0.860. The molecule has 142 valence electrons. The van der Waals surface area contributed by atoms with E-state index in [4.69, 9.17) is 4.42 Å². The monoisotopic (exact) mass is 454 g/mol. The van der Waals surface area contributed by atoms with E-state index in [1.165, 1.54) is 12.3 Å². The summed E-state index contributed by atoms with van der Waals surface area (Å²) < 4.78 is 70.6. The van der Waals surface area contributed by atoms with Gasteiger partial charge in [-0.2, -0.15) is 16.8 Å². The first-order chi connectivity index (χ1) is 12.6. The molecule has 2 aromatic carbocycles. The third-order valence-electron chi connectivity index (χ3n) is 3.88. The maximum absolute atomic E-state index is 11.8. The molecule has 0 unspecified atom stereocenters. The topological polar surface area (TPSA) is 148 Å². The van der Waals surface area contributed by atoms with Crippen LogP contribution in [0.1, 0.15) is 0 Å². The van der Waals surface area contributed by atoms with Gasteiger partial charge in [0.15, 0.2) is 5.58 Å². The Morgan fingerprint density at radius 2 is 1.62 bits per heavy atom. The molecule has 0 aliphatic rings. The number of fused-ring (bicyclic) bond motifs is 3. The molecular weight excluding hydrogens is 442 g/mol. The molecule has 4 aromatic rings. The van der Waals surface area contributed by atoms with Gasteiger partial charge in [0, 0.05) is 11.6 Å². The molecule has 2 heterocycles. The number of oxazole rings is 1. The van der Waals surface area contributed by atoms with Crippen LogP contribution in [0.25, 0.3) is 33.5 Å². The van der Waals surface area contributed by atoms with E-state index in [2.05, 4.69) is 9.97 Å². The Kier molecular flexibility index (Phi) is 7.33. The average molecular weight is 454 g/mol. The number of rotatable bonds is 3. The van der Waals surface area contributed by atoms with E-state index >= 15 is 0 Å². The van der Waals surface area contributed by atoms with Crippen molar-refractivity contribution in [3.05, 3.63) is 48.7 Å². The van der Waals surface area contributed by atoms with Gasteiger partial charge >= 0.3 is 59.1 Å². The van der Waals surface area contributed by atoms with Crippen LogP contribution in [0.15, 0.2) is 62.9 Å². The van der Waals surface area contributed by atoms with Gasteiger partial charge in [0.05, 0.1) is 4.90 Å². The van der Waals surface area contributed by atoms with Gasteiger partial charge in [0.1, 0.15) is 16.1 Å². The molecule has 0 atom stereocenters. The summed E-state index contributed by atoms with van der Waals surface area (Å²) in [6.07, 6.45) is 1.50. The number of nitrogens with zero attached hydrogens (tertiary/aromatic N) is 2. The Morgan fingerprint density at radius 1 is 0.897 bits per heavy atom. The number of benzene rings is 2. The third kappa shape index (κ3) is 4.74. The first-order valence-electron chi connectivity index (χ1n) is 7.38. The van der Waals surface area contributed by atoms with Gasteiger partial charge in [-0.25, -0.2) is 4.98 Å². The fraction of sp³-hybridized carbons (Fsp3) is 0. The summed E-state index contributed by atoms with van der Waals surface area (Å²) in [6, 6.07) is 9.62. The molecule has 0 fully saturated rings. The first kappa shape index (κ1) is 24.4. The van der Waals surface area contributed by atoms with Gasteiger partial charge < -0.3 is 4.42 Å². The Labute approximate surface area is 209 Å². The number of hydrogen-bond donors (Lipinski definition) is 2. The molecule has 13 heteroatoms. The molecule has 0 bridgehead atoms. The van der Waals surface area contributed by atoms with Gasteiger partial charge in [-0.15, -0.1) is 0 Å². The van der Waals surface area contributed by atoms with E-state index in [-0.39, 0.29) is 81.5 Å². The predicted octanol–water partition coefficient (Wildman–Crippen LogP) is 1.24. The molecule has 0 aliphatic heterocycles. The summed E-state index contributed by atoms with van der Waals surface area (Å²) in [5, 5.41) is 0.502. The van der Waals surface area contributed by atoms with Gasteiger partial charge in [-0.05, 0) is 35.7 Å². The Bertz CT molecular complexity index is 1420. The molecule has 4 rings (SSSR count). The van der Waals surface area contributed by atoms with Crippen molar-refractivity contribution in [2.24, 2.45) is 0 Å². The maximum atomic E-state index is 11.8. The van der Waals surface area contributed by atoms with E-state index < -0.39 is 30.0 Å². The van der Waals surface area contributed by atoms with Gasteiger partial charge in [0.25, 0.3) is 20.2 Å². The van der Waals surface area contributed by atoms with Gasteiger partial charge in [-0.3, -0.25) is 14.1 Å². The zero-order valence-corrected chi connectivity index (χ0v) is 14.9. The zero-order valence-electron chi connectivity index (χ0n) is 13.3. The second kappa shape index (κ2) is 8.71. The van der Waals surface area contributed by atoms with Crippen LogP contribution < -0.4 is 0 Å². The number of pyridine rings is 1. The summed E-state index contributed by atoms with van der Waals surface area (Å²) in [6.45, 7) is 0. The van der Waals surface area contributed by atoms with E-state index in [1.54, 1.807) is 18.2 Å².